The van der Waals surface area contributed by atoms with Crippen molar-refractivity contribution >= 4 is 17.7 Å². The van der Waals surface area contributed by atoms with Crippen LogP contribution in [0.15, 0.2) is 24.4 Å². The summed E-state index contributed by atoms with van der Waals surface area (Å²) in [5, 5.41) is 11.1. The lowest BCUT2D eigenvalue weighted by Crippen LogP contribution is -2.51. The van der Waals surface area contributed by atoms with Gasteiger partial charge in [0.1, 0.15) is 13.1 Å². The van der Waals surface area contributed by atoms with Gasteiger partial charge in [-0.25, -0.2) is 4.98 Å². The van der Waals surface area contributed by atoms with Crippen LogP contribution in [0, 0.1) is 5.41 Å². The Morgan fingerprint density at radius 1 is 1.08 bits per heavy atom. The van der Waals surface area contributed by atoms with Gasteiger partial charge in [-0.15, -0.1) is 0 Å². The summed E-state index contributed by atoms with van der Waals surface area (Å²) in [7, 11) is 0. The Bertz CT molecular complexity index is 576. The van der Waals surface area contributed by atoms with Gasteiger partial charge in [-0.1, -0.05) is 18.9 Å². The number of carboxylic acids is 1. The van der Waals surface area contributed by atoms with E-state index in [4.69, 9.17) is 0 Å². The molecule has 6 nitrogen and oxygen atoms in total. The van der Waals surface area contributed by atoms with Crippen LogP contribution < -0.4 is 15.0 Å². The maximum absolute atomic E-state index is 12.7. The summed E-state index contributed by atoms with van der Waals surface area (Å²) in [5.74, 6) is 0.123. The first-order valence-corrected chi connectivity index (χ1v) is 8.77. The molecule has 1 saturated carbocycles. The highest BCUT2D eigenvalue weighted by atomic mass is 16.4. The fourth-order valence-corrected chi connectivity index (χ4v) is 4.06. The fraction of sp³-hybridized carbons (Fsp3) is 0.611. The first kappa shape index (κ1) is 16.7. The standard InChI is InChI=1S/C18H25N3O3/c22-16(13-18(14-17(23)24)6-2-3-7-18)21-11-9-20(10-12-21)15-5-1-4-8-19-15/h1,4-5,8H,2-3,6-7,9-14H2,(H,23,24). The maximum atomic E-state index is 12.7. The smallest absolute Gasteiger partial charge is 0.274 e. The number of hydrogen-bond acceptors (Lipinski definition) is 4. The normalized spacial score (nSPS) is 20.2. The summed E-state index contributed by atoms with van der Waals surface area (Å²) < 4.78 is 0. The molecule has 2 heterocycles. The predicted octanol–water partition coefficient (Wildman–Crippen LogP) is 0.240. The van der Waals surface area contributed by atoms with Crippen LogP contribution in [-0.2, 0) is 9.59 Å². The average Bonchev–Trinajstić information content (AvgIpc) is 3.03. The molecule has 1 aromatic rings. The second-order valence-corrected chi connectivity index (χ2v) is 7.05. The van der Waals surface area contributed by atoms with Crippen molar-refractivity contribution in [3.8, 4) is 0 Å². The molecule has 130 valence electrons. The van der Waals surface area contributed by atoms with Crippen LogP contribution in [-0.4, -0.2) is 43.0 Å². The molecule has 3 rings (SSSR count). The number of piperazine rings is 1. The lowest BCUT2D eigenvalue weighted by atomic mass is 9.79. The molecule has 1 aliphatic carbocycles. The zero-order chi connectivity index (χ0) is 17.0. The Kier molecular flexibility index (Phi) is 5.02. The van der Waals surface area contributed by atoms with Gasteiger partial charge in [0.25, 0.3) is 5.82 Å². The number of carbonyl (C=O) groups is 2. The number of nitrogens with one attached hydrogen (secondary N) is 1. The van der Waals surface area contributed by atoms with Gasteiger partial charge < -0.3 is 14.8 Å². The van der Waals surface area contributed by atoms with Crippen molar-refractivity contribution in [2.45, 2.75) is 38.5 Å². The molecule has 6 heteroatoms. The van der Waals surface area contributed by atoms with Crippen molar-refractivity contribution < 1.29 is 19.7 Å². The van der Waals surface area contributed by atoms with Crippen molar-refractivity contribution in [3.63, 3.8) is 0 Å². The first-order valence-electron chi connectivity index (χ1n) is 8.77. The quantitative estimate of drug-likeness (QED) is 0.774. The van der Waals surface area contributed by atoms with E-state index in [0.29, 0.717) is 19.5 Å². The number of rotatable bonds is 5. The molecular weight excluding hydrogens is 306 g/mol. The number of carboxylic acid groups (broad SMARTS) is 1. The van der Waals surface area contributed by atoms with Crippen LogP contribution in [0.3, 0.4) is 0 Å². The third-order valence-corrected chi connectivity index (χ3v) is 5.38. The van der Waals surface area contributed by atoms with E-state index in [1.807, 2.05) is 29.3 Å². The lowest BCUT2D eigenvalue weighted by Gasteiger charge is -2.35. The summed E-state index contributed by atoms with van der Waals surface area (Å²) in [6.07, 6.45) is 5.93. The predicted molar refractivity (Wildman–Crippen MR) is 86.9 cm³/mol. The molecule has 0 atom stereocenters. The van der Waals surface area contributed by atoms with Gasteiger partial charge in [0.2, 0.25) is 5.91 Å². The zero-order valence-corrected chi connectivity index (χ0v) is 14.0. The number of pyridine rings is 1. The number of H-pyrrole nitrogens is 1. The molecule has 1 N–H and O–H groups in total. The van der Waals surface area contributed by atoms with E-state index >= 15 is 0 Å². The van der Waals surface area contributed by atoms with Gasteiger partial charge in [0.15, 0.2) is 0 Å². The molecule has 24 heavy (non-hydrogen) atoms. The Hall–Kier alpha value is -2.11. The molecule has 1 saturated heterocycles. The summed E-state index contributed by atoms with van der Waals surface area (Å²) in [6, 6.07) is 5.97. The highest BCUT2D eigenvalue weighted by molar-refractivity contribution is 5.78. The monoisotopic (exact) mass is 331 g/mol. The molecule has 0 aromatic carbocycles. The third-order valence-electron chi connectivity index (χ3n) is 5.38. The maximum Gasteiger partial charge on any atom is 0.274 e. The number of carbonyl (C=O) groups excluding carboxylic acids is 2. The Morgan fingerprint density at radius 3 is 2.38 bits per heavy atom. The molecule has 2 fully saturated rings. The Morgan fingerprint density at radius 2 is 1.79 bits per heavy atom. The van der Waals surface area contributed by atoms with E-state index < -0.39 is 5.97 Å². The Labute approximate surface area is 142 Å². The number of hydrogen-bond donors (Lipinski definition) is 0. The van der Waals surface area contributed by atoms with Gasteiger partial charge in [0.05, 0.1) is 19.3 Å². The van der Waals surface area contributed by atoms with E-state index in [1.165, 1.54) is 0 Å². The second kappa shape index (κ2) is 7.20. The minimum Gasteiger partial charge on any atom is -0.550 e. The SMILES string of the molecule is O=C([O-])CC1(CC(=O)N2CCN(c3cccc[nH+]3)CC2)CCCC1. The van der Waals surface area contributed by atoms with Crippen molar-refractivity contribution in [1.29, 1.82) is 0 Å². The minimum atomic E-state index is -1.03. The molecule has 0 bridgehead atoms. The van der Waals surface area contributed by atoms with Crippen LogP contribution in [0.1, 0.15) is 38.5 Å². The van der Waals surface area contributed by atoms with Crippen LogP contribution >= 0.6 is 0 Å². The number of amides is 1. The number of aliphatic carboxylic acids is 1. The highest BCUT2D eigenvalue weighted by Crippen LogP contribution is 2.44. The number of anilines is 1. The van der Waals surface area contributed by atoms with E-state index in [0.717, 1.165) is 44.6 Å². The molecule has 1 aromatic heterocycles. The lowest BCUT2D eigenvalue weighted by molar-refractivity contribution is -0.364. The van der Waals surface area contributed by atoms with Crippen molar-refractivity contribution in [2.75, 3.05) is 31.1 Å². The topological polar surface area (TPSA) is 77.8 Å². The van der Waals surface area contributed by atoms with Gasteiger partial charge in [-0.3, -0.25) is 9.69 Å². The Balaban J connectivity index is 1.56. The summed E-state index contributed by atoms with van der Waals surface area (Å²) in [5.41, 5.74) is -0.375. The third kappa shape index (κ3) is 3.86. The molecule has 0 spiro atoms. The number of nitrogens with zero attached hydrogens (tertiary/aromatic N) is 2. The average molecular weight is 331 g/mol. The highest BCUT2D eigenvalue weighted by Gasteiger charge is 2.38. The van der Waals surface area contributed by atoms with Gasteiger partial charge >= 0.3 is 0 Å². The number of aromatic nitrogens is 1. The van der Waals surface area contributed by atoms with E-state index in [1.54, 1.807) is 0 Å². The molecule has 1 amide bonds. The zero-order valence-electron chi connectivity index (χ0n) is 14.0. The summed E-state index contributed by atoms with van der Waals surface area (Å²) in [4.78, 5) is 31.1. The van der Waals surface area contributed by atoms with Crippen molar-refractivity contribution in [2.24, 2.45) is 5.41 Å². The van der Waals surface area contributed by atoms with Crippen molar-refractivity contribution in [1.82, 2.24) is 4.90 Å². The van der Waals surface area contributed by atoms with E-state index in [9.17, 15) is 14.7 Å². The van der Waals surface area contributed by atoms with Crippen LogP contribution in [0.2, 0.25) is 0 Å². The second-order valence-electron chi connectivity index (χ2n) is 7.05. The van der Waals surface area contributed by atoms with E-state index in [-0.39, 0.29) is 17.7 Å². The van der Waals surface area contributed by atoms with E-state index in [2.05, 4.69) is 9.88 Å². The van der Waals surface area contributed by atoms with Crippen LogP contribution in [0.25, 0.3) is 0 Å². The molecular formula is C18H25N3O3. The molecule has 1 aliphatic heterocycles. The molecule has 0 unspecified atom stereocenters. The molecule has 2 aliphatic rings. The largest absolute Gasteiger partial charge is 0.550 e. The van der Waals surface area contributed by atoms with Gasteiger partial charge in [0, 0.05) is 18.5 Å². The van der Waals surface area contributed by atoms with Crippen LogP contribution in [0.4, 0.5) is 5.82 Å². The first-order chi connectivity index (χ1) is 11.6. The summed E-state index contributed by atoms with van der Waals surface area (Å²) >= 11 is 0. The van der Waals surface area contributed by atoms with Gasteiger partial charge in [-0.2, -0.15) is 0 Å². The van der Waals surface area contributed by atoms with Gasteiger partial charge in [-0.05, 0) is 30.7 Å². The minimum absolute atomic E-state index is 0.0116. The number of aromatic amines is 1. The summed E-state index contributed by atoms with van der Waals surface area (Å²) in [6.45, 7) is 2.95. The molecule has 0 radical (unpaired) electrons. The fourth-order valence-electron chi connectivity index (χ4n) is 4.06. The van der Waals surface area contributed by atoms with Crippen LogP contribution in [0.5, 0.6) is 0 Å². The van der Waals surface area contributed by atoms with Crippen molar-refractivity contribution in [3.05, 3.63) is 24.4 Å².